The van der Waals surface area contributed by atoms with Gasteiger partial charge in [-0.3, -0.25) is 0 Å². The van der Waals surface area contributed by atoms with Crippen molar-refractivity contribution in [1.82, 2.24) is 5.32 Å². The molecule has 90 valence electrons. The van der Waals surface area contributed by atoms with Gasteiger partial charge >= 0.3 is 0 Å². The van der Waals surface area contributed by atoms with Crippen molar-refractivity contribution >= 4 is 6.21 Å². The van der Waals surface area contributed by atoms with Gasteiger partial charge in [0.2, 0.25) is 0 Å². The minimum absolute atomic E-state index is 0.196. The molecule has 0 unspecified atom stereocenters. The van der Waals surface area contributed by atoms with Gasteiger partial charge in [-0.1, -0.05) is 39.0 Å². The lowest BCUT2D eigenvalue weighted by Crippen LogP contribution is -2.41. The molecule has 0 rings (SSSR count). The molecule has 3 nitrogen and oxygen atoms in total. The van der Waals surface area contributed by atoms with E-state index in [2.05, 4.69) is 17.4 Å². The lowest BCUT2D eigenvalue weighted by Gasteiger charge is -2.20. The average molecular weight is 214 g/mol. The van der Waals surface area contributed by atoms with E-state index < -0.39 is 0 Å². The Morgan fingerprint density at radius 2 is 1.73 bits per heavy atom. The monoisotopic (exact) mass is 214 g/mol. The van der Waals surface area contributed by atoms with E-state index >= 15 is 0 Å². The SMILES string of the molecule is CCCCCCCCNC(C)(C)/C=N\O. The van der Waals surface area contributed by atoms with Crippen LogP contribution in [0.25, 0.3) is 0 Å². The third-order valence-corrected chi connectivity index (χ3v) is 2.49. The molecule has 2 N–H and O–H groups in total. The molecular weight excluding hydrogens is 188 g/mol. The van der Waals surface area contributed by atoms with Crippen LogP contribution < -0.4 is 5.32 Å². The lowest BCUT2D eigenvalue weighted by atomic mass is 10.1. The summed E-state index contributed by atoms with van der Waals surface area (Å²) in [6.45, 7) is 7.23. The number of hydrogen-bond acceptors (Lipinski definition) is 3. The summed E-state index contributed by atoms with van der Waals surface area (Å²) in [7, 11) is 0. The Hall–Kier alpha value is -0.570. The first-order chi connectivity index (χ1) is 7.12. The molecule has 0 aromatic rings. The van der Waals surface area contributed by atoms with Gasteiger partial charge in [-0.2, -0.15) is 0 Å². The van der Waals surface area contributed by atoms with E-state index in [4.69, 9.17) is 5.21 Å². The maximum Gasteiger partial charge on any atom is 0.0631 e. The Bertz CT molecular complexity index is 167. The number of nitrogens with zero attached hydrogens (tertiary/aromatic N) is 1. The van der Waals surface area contributed by atoms with E-state index in [1.165, 1.54) is 44.7 Å². The highest BCUT2D eigenvalue weighted by Gasteiger charge is 2.12. The summed E-state index contributed by atoms with van der Waals surface area (Å²) in [4.78, 5) is 0. The molecule has 0 saturated carbocycles. The van der Waals surface area contributed by atoms with E-state index in [9.17, 15) is 0 Å². The fourth-order valence-corrected chi connectivity index (χ4v) is 1.51. The summed E-state index contributed by atoms with van der Waals surface area (Å²) in [5.41, 5.74) is -0.196. The summed E-state index contributed by atoms with van der Waals surface area (Å²) < 4.78 is 0. The number of nitrogens with one attached hydrogen (secondary N) is 1. The van der Waals surface area contributed by atoms with Crippen LogP contribution in [0.4, 0.5) is 0 Å². The zero-order valence-electron chi connectivity index (χ0n) is 10.4. The van der Waals surface area contributed by atoms with Gasteiger partial charge in [0, 0.05) is 0 Å². The molecule has 0 amide bonds. The Balaban J connectivity index is 3.30. The van der Waals surface area contributed by atoms with Crippen LogP contribution in [-0.4, -0.2) is 23.5 Å². The van der Waals surface area contributed by atoms with Gasteiger partial charge < -0.3 is 10.5 Å². The van der Waals surface area contributed by atoms with E-state index in [0.717, 1.165) is 6.54 Å². The maximum atomic E-state index is 8.43. The van der Waals surface area contributed by atoms with Crippen LogP contribution in [-0.2, 0) is 0 Å². The van der Waals surface area contributed by atoms with Gasteiger partial charge in [0.15, 0.2) is 0 Å². The van der Waals surface area contributed by atoms with Crippen LogP contribution in [0.1, 0.15) is 59.3 Å². The zero-order valence-corrected chi connectivity index (χ0v) is 10.4. The molecule has 0 radical (unpaired) electrons. The molecule has 0 aromatic heterocycles. The molecule has 0 atom stereocenters. The summed E-state index contributed by atoms with van der Waals surface area (Å²) in [6.07, 6.45) is 9.38. The second kappa shape index (κ2) is 8.72. The topological polar surface area (TPSA) is 44.6 Å². The van der Waals surface area contributed by atoms with Crippen molar-refractivity contribution < 1.29 is 5.21 Å². The molecule has 3 heteroatoms. The van der Waals surface area contributed by atoms with E-state index in [0.29, 0.717) is 0 Å². The van der Waals surface area contributed by atoms with Gasteiger partial charge in [0.05, 0.1) is 11.8 Å². The molecule has 0 aliphatic carbocycles. The van der Waals surface area contributed by atoms with Crippen LogP contribution in [0, 0.1) is 0 Å². The number of hydrogen-bond donors (Lipinski definition) is 2. The number of unbranched alkanes of at least 4 members (excludes halogenated alkanes) is 5. The standard InChI is InChI=1S/C12H26N2O/c1-4-5-6-7-8-9-10-13-12(2,3)11-14-15/h11,13,15H,4-10H2,1-3H3/b14-11-. The minimum atomic E-state index is -0.196. The maximum absolute atomic E-state index is 8.43. The van der Waals surface area contributed by atoms with Gasteiger partial charge in [0.1, 0.15) is 0 Å². The highest BCUT2D eigenvalue weighted by molar-refractivity contribution is 5.68. The van der Waals surface area contributed by atoms with Gasteiger partial charge in [-0.05, 0) is 26.8 Å². The molecule has 0 heterocycles. The quantitative estimate of drug-likeness (QED) is 0.268. The second-order valence-corrected chi connectivity index (χ2v) is 4.66. The van der Waals surface area contributed by atoms with Crippen LogP contribution in [0.15, 0.2) is 5.16 Å². The molecule has 0 bridgehead atoms. The zero-order chi connectivity index (χ0) is 11.6. The van der Waals surface area contributed by atoms with E-state index in [1.54, 1.807) is 0 Å². The summed E-state index contributed by atoms with van der Waals surface area (Å²) >= 11 is 0. The Labute approximate surface area is 93.9 Å². The van der Waals surface area contributed by atoms with Crippen LogP contribution in [0.3, 0.4) is 0 Å². The first kappa shape index (κ1) is 14.4. The second-order valence-electron chi connectivity index (χ2n) is 4.66. The molecule has 0 fully saturated rings. The summed E-state index contributed by atoms with van der Waals surface area (Å²) in [6, 6.07) is 0. The molecule has 0 spiro atoms. The number of rotatable bonds is 9. The Morgan fingerprint density at radius 1 is 1.13 bits per heavy atom. The molecule has 0 aliphatic rings. The van der Waals surface area contributed by atoms with Gasteiger partial charge in [-0.15, -0.1) is 5.16 Å². The summed E-state index contributed by atoms with van der Waals surface area (Å²) in [5, 5.41) is 14.8. The predicted octanol–water partition coefficient (Wildman–Crippen LogP) is 3.18. The largest absolute Gasteiger partial charge is 0.411 e. The van der Waals surface area contributed by atoms with Crippen molar-refractivity contribution in [3.63, 3.8) is 0 Å². The van der Waals surface area contributed by atoms with Crippen molar-refractivity contribution in [2.75, 3.05) is 6.54 Å². The minimum Gasteiger partial charge on any atom is -0.411 e. The van der Waals surface area contributed by atoms with Gasteiger partial charge in [-0.25, -0.2) is 0 Å². The average Bonchev–Trinajstić information content (AvgIpc) is 2.16. The Kier molecular flexibility index (Phi) is 8.38. The van der Waals surface area contributed by atoms with Crippen molar-refractivity contribution in [2.24, 2.45) is 5.16 Å². The first-order valence-electron chi connectivity index (χ1n) is 6.06. The highest BCUT2D eigenvalue weighted by atomic mass is 16.4. The van der Waals surface area contributed by atoms with E-state index in [1.807, 2.05) is 13.8 Å². The molecule has 0 saturated heterocycles. The predicted molar refractivity (Wildman–Crippen MR) is 65.7 cm³/mol. The third kappa shape index (κ3) is 9.73. The van der Waals surface area contributed by atoms with Crippen LogP contribution in [0.5, 0.6) is 0 Å². The van der Waals surface area contributed by atoms with Crippen LogP contribution >= 0.6 is 0 Å². The first-order valence-corrected chi connectivity index (χ1v) is 6.06. The lowest BCUT2D eigenvalue weighted by molar-refractivity contribution is 0.315. The fourth-order valence-electron chi connectivity index (χ4n) is 1.51. The molecule has 0 aromatic carbocycles. The molecule has 0 aliphatic heterocycles. The fraction of sp³-hybridized carbons (Fsp3) is 0.917. The molecule has 15 heavy (non-hydrogen) atoms. The number of oxime groups is 1. The van der Waals surface area contributed by atoms with Crippen molar-refractivity contribution in [3.05, 3.63) is 0 Å². The van der Waals surface area contributed by atoms with Crippen molar-refractivity contribution in [3.8, 4) is 0 Å². The van der Waals surface area contributed by atoms with Crippen LogP contribution in [0.2, 0.25) is 0 Å². The normalized spacial score (nSPS) is 12.5. The van der Waals surface area contributed by atoms with E-state index in [-0.39, 0.29) is 5.54 Å². The third-order valence-electron chi connectivity index (χ3n) is 2.49. The molecular formula is C12H26N2O. The smallest absolute Gasteiger partial charge is 0.0631 e. The van der Waals surface area contributed by atoms with Crippen molar-refractivity contribution in [2.45, 2.75) is 64.8 Å². The highest BCUT2D eigenvalue weighted by Crippen LogP contribution is 2.05. The summed E-state index contributed by atoms with van der Waals surface area (Å²) in [5.74, 6) is 0. The van der Waals surface area contributed by atoms with Gasteiger partial charge in [0.25, 0.3) is 0 Å². The Morgan fingerprint density at radius 3 is 2.33 bits per heavy atom. The van der Waals surface area contributed by atoms with Crippen molar-refractivity contribution in [1.29, 1.82) is 0 Å².